The number of fused-ring (bicyclic) bond motifs is 1. The van der Waals surface area contributed by atoms with Crippen molar-refractivity contribution < 1.29 is 9.18 Å². The van der Waals surface area contributed by atoms with Gasteiger partial charge in [-0.25, -0.2) is 4.39 Å². The summed E-state index contributed by atoms with van der Waals surface area (Å²) in [5.41, 5.74) is 1.82. The van der Waals surface area contributed by atoms with Gasteiger partial charge in [0.05, 0.1) is 23.7 Å². The van der Waals surface area contributed by atoms with E-state index in [-0.39, 0.29) is 11.7 Å². The van der Waals surface area contributed by atoms with Crippen LogP contribution in [0.2, 0.25) is 0 Å². The van der Waals surface area contributed by atoms with Crippen LogP contribution in [0.3, 0.4) is 0 Å². The highest BCUT2D eigenvalue weighted by Gasteiger charge is 2.26. The largest absolute Gasteiger partial charge is 0.344 e. The minimum atomic E-state index is -0.261. The van der Waals surface area contributed by atoms with E-state index in [4.69, 9.17) is 0 Å². The predicted molar refractivity (Wildman–Crippen MR) is 107 cm³/mol. The lowest BCUT2D eigenvalue weighted by atomic mass is 10.2. The van der Waals surface area contributed by atoms with Crippen molar-refractivity contribution in [2.75, 3.05) is 0 Å². The molecule has 1 aromatic carbocycles. The number of rotatable bonds is 6. The Balaban J connectivity index is 1.34. The fraction of sp³-hybridized carbons (Fsp3) is 0.300. The first kappa shape index (κ1) is 18.0. The Hall–Kier alpha value is -3.07. The van der Waals surface area contributed by atoms with Crippen molar-refractivity contribution in [1.29, 1.82) is 0 Å². The summed E-state index contributed by atoms with van der Waals surface area (Å²) in [5.74, 6) is 0.382. The van der Waals surface area contributed by atoms with E-state index in [1.54, 1.807) is 18.5 Å². The van der Waals surface area contributed by atoms with Gasteiger partial charge in [0.2, 0.25) is 0 Å². The summed E-state index contributed by atoms with van der Waals surface area (Å²) >= 11 is 1.41. The third-order valence-electron chi connectivity index (χ3n) is 5.07. The number of carbonyl (C=O) groups excluding carboxylic acids is 1. The van der Waals surface area contributed by atoms with Gasteiger partial charge in [0, 0.05) is 11.4 Å². The van der Waals surface area contributed by atoms with Crippen LogP contribution in [0.25, 0.3) is 10.2 Å². The maximum absolute atomic E-state index is 13.1. The highest BCUT2D eigenvalue weighted by atomic mass is 32.1. The number of thiophene rings is 1. The minimum absolute atomic E-state index is 0.135. The Kier molecular flexibility index (Phi) is 4.39. The molecular formula is C20H19FN6OS. The molecular weight excluding hydrogens is 391 g/mol. The van der Waals surface area contributed by atoms with Gasteiger partial charge in [-0.2, -0.15) is 5.10 Å². The Morgan fingerprint density at radius 3 is 2.86 bits per heavy atom. The third kappa shape index (κ3) is 3.53. The molecule has 9 heteroatoms. The SMILES string of the molecule is Cc1nn(Cc2ccc(F)cc2)c2sc(C(=O)NCc3nncn3C3CC3)cc12. The highest BCUT2D eigenvalue weighted by molar-refractivity contribution is 7.20. The van der Waals surface area contributed by atoms with Gasteiger partial charge in [0.25, 0.3) is 5.91 Å². The fourth-order valence-electron chi connectivity index (χ4n) is 3.39. The number of carbonyl (C=O) groups is 1. The van der Waals surface area contributed by atoms with E-state index >= 15 is 0 Å². The smallest absolute Gasteiger partial charge is 0.261 e. The first-order valence-corrected chi connectivity index (χ1v) is 10.3. The zero-order valence-corrected chi connectivity index (χ0v) is 16.6. The second kappa shape index (κ2) is 7.07. The number of nitrogens with one attached hydrogen (secondary N) is 1. The topological polar surface area (TPSA) is 77.6 Å². The van der Waals surface area contributed by atoms with Gasteiger partial charge in [-0.15, -0.1) is 21.5 Å². The quantitative estimate of drug-likeness (QED) is 0.528. The number of aromatic nitrogens is 5. The van der Waals surface area contributed by atoms with Crippen LogP contribution in [0, 0.1) is 12.7 Å². The zero-order valence-electron chi connectivity index (χ0n) is 15.8. The molecule has 0 aliphatic heterocycles. The predicted octanol–water partition coefficient (Wildman–Crippen LogP) is 3.45. The van der Waals surface area contributed by atoms with E-state index in [1.165, 1.54) is 23.5 Å². The van der Waals surface area contributed by atoms with Crippen molar-refractivity contribution in [1.82, 2.24) is 29.9 Å². The van der Waals surface area contributed by atoms with Crippen LogP contribution in [0.4, 0.5) is 4.39 Å². The lowest BCUT2D eigenvalue weighted by Gasteiger charge is -2.06. The Labute approximate surface area is 170 Å². The summed E-state index contributed by atoms with van der Waals surface area (Å²) in [6, 6.07) is 8.73. The summed E-state index contributed by atoms with van der Waals surface area (Å²) < 4.78 is 17.0. The molecule has 29 heavy (non-hydrogen) atoms. The summed E-state index contributed by atoms with van der Waals surface area (Å²) in [7, 11) is 0. The molecule has 1 N–H and O–H groups in total. The highest BCUT2D eigenvalue weighted by Crippen LogP contribution is 2.35. The number of aryl methyl sites for hydroxylation is 1. The van der Waals surface area contributed by atoms with Crippen LogP contribution in [-0.4, -0.2) is 30.5 Å². The van der Waals surface area contributed by atoms with Crippen LogP contribution in [0.5, 0.6) is 0 Å². The molecule has 1 amide bonds. The second-order valence-electron chi connectivity index (χ2n) is 7.27. The molecule has 0 bridgehead atoms. The molecule has 0 atom stereocenters. The number of benzene rings is 1. The van der Waals surface area contributed by atoms with Crippen molar-refractivity contribution in [3.63, 3.8) is 0 Å². The first-order chi connectivity index (χ1) is 14.1. The molecule has 0 spiro atoms. The van der Waals surface area contributed by atoms with E-state index < -0.39 is 0 Å². The average Bonchev–Trinajstić information content (AvgIpc) is 3.17. The van der Waals surface area contributed by atoms with E-state index in [2.05, 4.69) is 20.6 Å². The second-order valence-corrected chi connectivity index (χ2v) is 8.30. The van der Waals surface area contributed by atoms with Gasteiger partial charge in [0.1, 0.15) is 17.0 Å². The maximum atomic E-state index is 13.1. The van der Waals surface area contributed by atoms with Crippen molar-refractivity contribution in [3.05, 3.63) is 64.4 Å². The standard InChI is InChI=1S/C20H19FN6OS/c1-12-16-8-17(19(28)22-9-18-24-23-11-26(18)15-6-7-15)29-20(16)27(25-12)10-13-2-4-14(21)5-3-13/h2-5,8,11,15H,6-7,9-10H2,1H3,(H,22,28). The molecule has 7 nitrogen and oxygen atoms in total. The molecule has 3 heterocycles. The van der Waals surface area contributed by atoms with Gasteiger partial charge in [-0.05, 0) is 43.5 Å². The average molecular weight is 410 g/mol. The Bertz CT molecular complexity index is 1190. The van der Waals surface area contributed by atoms with Gasteiger partial charge < -0.3 is 9.88 Å². The van der Waals surface area contributed by atoms with E-state index in [9.17, 15) is 9.18 Å². The maximum Gasteiger partial charge on any atom is 0.261 e. The number of nitrogens with zero attached hydrogens (tertiary/aromatic N) is 5. The normalized spacial score (nSPS) is 13.9. The van der Waals surface area contributed by atoms with Crippen molar-refractivity contribution in [2.24, 2.45) is 0 Å². The summed E-state index contributed by atoms with van der Waals surface area (Å²) in [6.45, 7) is 2.80. The van der Waals surface area contributed by atoms with E-state index in [1.807, 2.05) is 22.2 Å². The van der Waals surface area contributed by atoms with Gasteiger partial charge in [-0.3, -0.25) is 9.48 Å². The Morgan fingerprint density at radius 2 is 2.10 bits per heavy atom. The van der Waals surface area contributed by atoms with Crippen molar-refractivity contribution in [3.8, 4) is 0 Å². The number of hydrogen-bond acceptors (Lipinski definition) is 5. The van der Waals surface area contributed by atoms with Crippen LogP contribution < -0.4 is 5.32 Å². The molecule has 5 rings (SSSR count). The molecule has 1 aliphatic rings. The van der Waals surface area contributed by atoms with Crippen LogP contribution in [0.1, 0.15) is 45.6 Å². The van der Waals surface area contributed by atoms with Crippen molar-refractivity contribution in [2.45, 2.75) is 38.9 Å². The van der Waals surface area contributed by atoms with Crippen LogP contribution in [-0.2, 0) is 13.1 Å². The molecule has 148 valence electrons. The molecule has 0 saturated heterocycles. The lowest BCUT2D eigenvalue weighted by Crippen LogP contribution is -2.23. The zero-order chi connectivity index (χ0) is 20.0. The van der Waals surface area contributed by atoms with Crippen molar-refractivity contribution >= 4 is 27.5 Å². The molecule has 1 fully saturated rings. The summed E-state index contributed by atoms with van der Waals surface area (Å²) in [4.78, 5) is 14.3. The van der Waals surface area contributed by atoms with Gasteiger partial charge >= 0.3 is 0 Å². The molecule has 1 saturated carbocycles. The van der Waals surface area contributed by atoms with Crippen LogP contribution >= 0.6 is 11.3 Å². The summed E-state index contributed by atoms with van der Waals surface area (Å²) in [6.07, 6.45) is 4.00. The number of amides is 1. The third-order valence-corrected chi connectivity index (χ3v) is 6.22. The molecule has 1 aliphatic carbocycles. The summed E-state index contributed by atoms with van der Waals surface area (Å²) in [5, 5.41) is 16.6. The number of halogens is 1. The van der Waals surface area contributed by atoms with E-state index in [0.717, 1.165) is 40.1 Å². The molecule has 0 radical (unpaired) electrons. The molecule has 0 unspecified atom stereocenters. The van der Waals surface area contributed by atoms with E-state index in [0.29, 0.717) is 24.0 Å². The van der Waals surface area contributed by atoms with Gasteiger partial charge in [0.15, 0.2) is 5.82 Å². The number of hydrogen-bond donors (Lipinski definition) is 1. The molecule has 3 aromatic heterocycles. The van der Waals surface area contributed by atoms with Gasteiger partial charge in [-0.1, -0.05) is 12.1 Å². The minimum Gasteiger partial charge on any atom is -0.344 e. The lowest BCUT2D eigenvalue weighted by molar-refractivity contribution is 0.0953. The molecule has 4 aromatic rings. The first-order valence-electron chi connectivity index (χ1n) is 9.46. The van der Waals surface area contributed by atoms with Crippen LogP contribution in [0.15, 0.2) is 36.7 Å². The Morgan fingerprint density at radius 1 is 1.31 bits per heavy atom. The monoisotopic (exact) mass is 410 g/mol. The fourth-order valence-corrected chi connectivity index (χ4v) is 4.47.